The third kappa shape index (κ3) is 4.72. The highest BCUT2D eigenvalue weighted by molar-refractivity contribution is 8.00. The van der Waals surface area contributed by atoms with E-state index < -0.39 is 0 Å². The summed E-state index contributed by atoms with van der Waals surface area (Å²) < 4.78 is 0. The van der Waals surface area contributed by atoms with Gasteiger partial charge in [-0.05, 0) is 37.9 Å². The van der Waals surface area contributed by atoms with Gasteiger partial charge in [0.1, 0.15) is 0 Å². The van der Waals surface area contributed by atoms with E-state index in [1.165, 1.54) is 23.3 Å². The van der Waals surface area contributed by atoms with Crippen molar-refractivity contribution in [2.24, 2.45) is 0 Å². The Morgan fingerprint density at radius 2 is 1.94 bits per heavy atom. The molecular formula is C15H25NS. The van der Waals surface area contributed by atoms with Gasteiger partial charge in [0.15, 0.2) is 0 Å². The van der Waals surface area contributed by atoms with Crippen LogP contribution >= 0.6 is 11.8 Å². The summed E-state index contributed by atoms with van der Waals surface area (Å²) in [6.07, 6.45) is 2.40. The number of rotatable bonds is 7. The first-order valence-corrected chi connectivity index (χ1v) is 7.52. The summed E-state index contributed by atoms with van der Waals surface area (Å²) in [5, 5.41) is 4.26. The Balaban J connectivity index is 2.57. The molecule has 0 fully saturated rings. The maximum Gasteiger partial charge on any atom is 0.0220 e. The highest BCUT2D eigenvalue weighted by Crippen LogP contribution is 2.28. The first-order valence-electron chi connectivity index (χ1n) is 6.64. The third-order valence-corrected chi connectivity index (χ3v) is 4.48. The van der Waals surface area contributed by atoms with Crippen molar-refractivity contribution in [3.63, 3.8) is 0 Å². The Kier molecular flexibility index (Phi) is 6.68. The van der Waals surface area contributed by atoms with E-state index in [4.69, 9.17) is 0 Å². The molecule has 0 aromatic heterocycles. The summed E-state index contributed by atoms with van der Waals surface area (Å²) in [5.41, 5.74) is 1.38. The lowest BCUT2D eigenvalue weighted by Crippen LogP contribution is -2.36. The minimum absolute atomic E-state index is 0.611. The lowest BCUT2D eigenvalue weighted by Gasteiger charge is -2.24. The minimum atomic E-state index is 0.611. The van der Waals surface area contributed by atoms with Crippen molar-refractivity contribution >= 4 is 11.8 Å². The smallest absolute Gasteiger partial charge is 0.0220 e. The molecule has 2 unspecified atom stereocenters. The summed E-state index contributed by atoms with van der Waals surface area (Å²) in [7, 11) is 0. The number of benzene rings is 1. The van der Waals surface area contributed by atoms with Crippen LogP contribution in [0.3, 0.4) is 0 Å². The van der Waals surface area contributed by atoms with Crippen molar-refractivity contribution in [3.05, 3.63) is 29.8 Å². The Labute approximate surface area is 110 Å². The molecule has 0 amide bonds. The summed E-state index contributed by atoms with van der Waals surface area (Å²) in [5.74, 6) is 0. The van der Waals surface area contributed by atoms with Gasteiger partial charge < -0.3 is 5.32 Å². The summed E-state index contributed by atoms with van der Waals surface area (Å²) >= 11 is 1.99. The minimum Gasteiger partial charge on any atom is -0.313 e. The SMILES string of the molecule is CCCNC(CC)C(C)Sc1ccccc1C. The molecule has 0 aliphatic carbocycles. The van der Waals surface area contributed by atoms with Gasteiger partial charge in [-0.25, -0.2) is 0 Å². The highest BCUT2D eigenvalue weighted by atomic mass is 32.2. The zero-order chi connectivity index (χ0) is 12.7. The fourth-order valence-electron chi connectivity index (χ4n) is 1.94. The molecule has 2 atom stereocenters. The molecule has 0 saturated carbocycles. The van der Waals surface area contributed by atoms with Gasteiger partial charge in [-0.2, -0.15) is 0 Å². The molecule has 1 rings (SSSR count). The molecule has 0 heterocycles. The Morgan fingerprint density at radius 3 is 2.53 bits per heavy atom. The van der Waals surface area contributed by atoms with E-state index in [0.29, 0.717) is 11.3 Å². The van der Waals surface area contributed by atoms with Crippen LogP contribution in [0.1, 0.15) is 39.2 Å². The van der Waals surface area contributed by atoms with Gasteiger partial charge in [-0.3, -0.25) is 0 Å². The zero-order valence-corrected chi connectivity index (χ0v) is 12.3. The van der Waals surface area contributed by atoms with Gasteiger partial charge in [0.05, 0.1) is 0 Å². The lowest BCUT2D eigenvalue weighted by atomic mass is 10.1. The average molecular weight is 251 g/mol. The number of nitrogens with one attached hydrogen (secondary N) is 1. The molecule has 0 spiro atoms. The first kappa shape index (κ1) is 14.6. The average Bonchev–Trinajstić information content (AvgIpc) is 2.33. The van der Waals surface area contributed by atoms with Crippen molar-refractivity contribution < 1.29 is 0 Å². The van der Waals surface area contributed by atoms with Crippen molar-refractivity contribution in [2.45, 2.75) is 56.7 Å². The van der Waals surface area contributed by atoms with Gasteiger partial charge in [0.25, 0.3) is 0 Å². The number of hydrogen-bond acceptors (Lipinski definition) is 2. The van der Waals surface area contributed by atoms with Crippen LogP contribution in [-0.2, 0) is 0 Å². The standard InChI is InChI=1S/C15H25NS/c1-5-11-16-14(6-2)13(4)17-15-10-8-7-9-12(15)3/h7-10,13-14,16H,5-6,11H2,1-4H3. The van der Waals surface area contributed by atoms with Crippen molar-refractivity contribution in [3.8, 4) is 0 Å². The quantitative estimate of drug-likeness (QED) is 0.727. The largest absolute Gasteiger partial charge is 0.313 e. The summed E-state index contributed by atoms with van der Waals surface area (Å²) in [6.45, 7) is 10.1. The van der Waals surface area contributed by atoms with Crippen LogP contribution in [0.15, 0.2) is 29.2 Å². The zero-order valence-electron chi connectivity index (χ0n) is 11.5. The molecule has 2 heteroatoms. The fourth-order valence-corrected chi connectivity index (χ4v) is 3.21. The Hall–Kier alpha value is -0.470. The monoisotopic (exact) mass is 251 g/mol. The van der Waals surface area contributed by atoms with Crippen LogP contribution in [0.5, 0.6) is 0 Å². The third-order valence-electron chi connectivity index (χ3n) is 3.07. The van der Waals surface area contributed by atoms with Crippen LogP contribution < -0.4 is 5.32 Å². The molecule has 0 radical (unpaired) electrons. The van der Waals surface area contributed by atoms with Crippen LogP contribution in [0, 0.1) is 6.92 Å². The van der Waals surface area contributed by atoms with E-state index in [9.17, 15) is 0 Å². The molecular weight excluding hydrogens is 226 g/mol. The second kappa shape index (κ2) is 7.78. The van der Waals surface area contributed by atoms with Crippen LogP contribution in [0.25, 0.3) is 0 Å². The van der Waals surface area contributed by atoms with Gasteiger partial charge in [-0.15, -0.1) is 11.8 Å². The summed E-state index contributed by atoms with van der Waals surface area (Å²) in [4.78, 5) is 1.41. The maximum absolute atomic E-state index is 3.64. The van der Waals surface area contributed by atoms with Crippen LogP contribution in [0.2, 0.25) is 0 Å². The maximum atomic E-state index is 3.64. The highest BCUT2D eigenvalue weighted by Gasteiger charge is 2.16. The summed E-state index contributed by atoms with van der Waals surface area (Å²) in [6, 6.07) is 9.26. The molecule has 1 nitrogen and oxygen atoms in total. The molecule has 96 valence electrons. The lowest BCUT2D eigenvalue weighted by molar-refractivity contribution is 0.494. The molecule has 0 bridgehead atoms. The van der Waals surface area contributed by atoms with E-state index in [1.54, 1.807) is 0 Å². The van der Waals surface area contributed by atoms with E-state index >= 15 is 0 Å². The topological polar surface area (TPSA) is 12.0 Å². The molecule has 1 N–H and O–H groups in total. The van der Waals surface area contributed by atoms with Crippen molar-refractivity contribution in [1.82, 2.24) is 5.32 Å². The van der Waals surface area contributed by atoms with E-state index in [2.05, 4.69) is 57.3 Å². The van der Waals surface area contributed by atoms with E-state index in [-0.39, 0.29) is 0 Å². The van der Waals surface area contributed by atoms with Crippen LogP contribution in [-0.4, -0.2) is 17.8 Å². The van der Waals surface area contributed by atoms with E-state index in [1.807, 2.05) is 11.8 Å². The molecule has 0 aliphatic heterocycles. The molecule has 0 saturated heterocycles. The molecule has 1 aromatic carbocycles. The van der Waals surface area contributed by atoms with E-state index in [0.717, 1.165) is 6.54 Å². The number of hydrogen-bond donors (Lipinski definition) is 1. The molecule has 1 aromatic rings. The second-order valence-electron chi connectivity index (χ2n) is 4.56. The number of aryl methyl sites for hydroxylation is 1. The Morgan fingerprint density at radius 1 is 1.24 bits per heavy atom. The first-order chi connectivity index (χ1) is 8.19. The van der Waals surface area contributed by atoms with Gasteiger partial charge in [0, 0.05) is 16.2 Å². The normalized spacial score (nSPS) is 14.6. The fraction of sp³-hybridized carbons (Fsp3) is 0.600. The predicted molar refractivity (Wildman–Crippen MR) is 78.9 cm³/mol. The Bertz CT molecular complexity index is 324. The van der Waals surface area contributed by atoms with Gasteiger partial charge >= 0.3 is 0 Å². The number of thioether (sulfide) groups is 1. The van der Waals surface area contributed by atoms with Crippen molar-refractivity contribution in [2.75, 3.05) is 6.54 Å². The second-order valence-corrected chi connectivity index (χ2v) is 5.98. The van der Waals surface area contributed by atoms with Crippen LogP contribution in [0.4, 0.5) is 0 Å². The van der Waals surface area contributed by atoms with Crippen molar-refractivity contribution in [1.29, 1.82) is 0 Å². The molecule has 0 aliphatic rings. The van der Waals surface area contributed by atoms with Gasteiger partial charge in [-0.1, -0.05) is 39.0 Å². The predicted octanol–water partition coefficient (Wildman–Crippen LogP) is 4.25. The molecule has 17 heavy (non-hydrogen) atoms. The van der Waals surface area contributed by atoms with Gasteiger partial charge in [0.2, 0.25) is 0 Å².